The number of nitrogens with one attached hydrogen (secondary N) is 1. The molecule has 0 aromatic carbocycles. The third kappa shape index (κ3) is 2.87. The van der Waals surface area contributed by atoms with Crippen LogP contribution in [0.1, 0.15) is 17.4 Å². The zero-order valence-electron chi connectivity index (χ0n) is 12.3. The van der Waals surface area contributed by atoms with Gasteiger partial charge in [0.15, 0.2) is 0 Å². The van der Waals surface area contributed by atoms with Crippen molar-refractivity contribution in [1.82, 2.24) is 15.3 Å². The van der Waals surface area contributed by atoms with Crippen LogP contribution < -0.4 is 10.2 Å². The highest BCUT2D eigenvalue weighted by Crippen LogP contribution is 2.33. The lowest BCUT2D eigenvalue weighted by Crippen LogP contribution is -2.30. The normalized spacial score (nSPS) is 12.9. The van der Waals surface area contributed by atoms with Gasteiger partial charge in [-0.2, -0.15) is 0 Å². The summed E-state index contributed by atoms with van der Waals surface area (Å²) >= 11 is 1.75. The molecule has 0 amide bonds. The van der Waals surface area contributed by atoms with Gasteiger partial charge in [0, 0.05) is 18.5 Å². The van der Waals surface area contributed by atoms with Crippen LogP contribution in [0, 0.1) is 19.8 Å². The smallest absolute Gasteiger partial charge is 0.140 e. The second kappa shape index (κ2) is 5.84. The first-order chi connectivity index (χ1) is 9.04. The number of nitrogens with zero attached hydrogens (tertiary/aromatic N) is 3. The summed E-state index contributed by atoms with van der Waals surface area (Å²) in [5.74, 6) is 1.63. The summed E-state index contributed by atoms with van der Waals surface area (Å²) < 4.78 is 0. The third-order valence-electron chi connectivity index (χ3n) is 3.45. The Labute approximate surface area is 118 Å². The number of hydrogen-bond acceptors (Lipinski definition) is 5. The monoisotopic (exact) mass is 278 g/mol. The molecule has 1 N–H and O–H groups in total. The van der Waals surface area contributed by atoms with E-state index in [-0.39, 0.29) is 0 Å². The summed E-state index contributed by atoms with van der Waals surface area (Å²) in [6.45, 7) is 8.56. The Hall–Kier alpha value is -1.20. The third-order valence-corrected chi connectivity index (χ3v) is 4.56. The van der Waals surface area contributed by atoms with E-state index < -0.39 is 0 Å². The van der Waals surface area contributed by atoms with Crippen molar-refractivity contribution in [2.45, 2.75) is 20.8 Å². The standard InChI is InChI=1S/C14H22N4S/c1-9(6-15-4)7-18(5)13-12-10(2)11(3)19-14(12)17-8-16-13/h8-9,15H,6-7H2,1-5H3. The summed E-state index contributed by atoms with van der Waals surface area (Å²) in [6, 6.07) is 0. The number of thiophene rings is 1. The van der Waals surface area contributed by atoms with Crippen molar-refractivity contribution in [2.75, 3.05) is 32.1 Å². The molecule has 0 aliphatic rings. The van der Waals surface area contributed by atoms with Gasteiger partial charge in [-0.1, -0.05) is 6.92 Å². The van der Waals surface area contributed by atoms with Gasteiger partial charge in [0.1, 0.15) is 17.0 Å². The van der Waals surface area contributed by atoms with Crippen LogP contribution in [0.5, 0.6) is 0 Å². The van der Waals surface area contributed by atoms with Crippen molar-refractivity contribution >= 4 is 27.4 Å². The molecule has 2 rings (SSSR count). The molecule has 0 saturated heterocycles. The first-order valence-electron chi connectivity index (χ1n) is 6.61. The highest BCUT2D eigenvalue weighted by Gasteiger charge is 2.16. The number of aryl methyl sites for hydroxylation is 2. The van der Waals surface area contributed by atoms with Crippen LogP contribution in [0.4, 0.5) is 5.82 Å². The highest BCUT2D eigenvalue weighted by atomic mass is 32.1. The molecule has 0 aliphatic heterocycles. The van der Waals surface area contributed by atoms with E-state index in [2.05, 4.69) is 48.0 Å². The fraction of sp³-hybridized carbons (Fsp3) is 0.571. The fourth-order valence-corrected chi connectivity index (χ4v) is 3.41. The Kier molecular flexibility index (Phi) is 4.37. The first-order valence-corrected chi connectivity index (χ1v) is 7.42. The van der Waals surface area contributed by atoms with E-state index in [1.807, 2.05) is 7.05 Å². The van der Waals surface area contributed by atoms with E-state index in [0.717, 1.165) is 23.7 Å². The van der Waals surface area contributed by atoms with Gasteiger partial charge in [0.25, 0.3) is 0 Å². The lowest BCUT2D eigenvalue weighted by atomic mass is 10.1. The van der Waals surface area contributed by atoms with Crippen LogP contribution in [0.25, 0.3) is 10.2 Å². The largest absolute Gasteiger partial charge is 0.359 e. The molecule has 0 fully saturated rings. The summed E-state index contributed by atoms with van der Waals surface area (Å²) in [5, 5.41) is 4.43. The molecule has 0 bridgehead atoms. The molecule has 19 heavy (non-hydrogen) atoms. The average Bonchev–Trinajstić information content (AvgIpc) is 2.65. The number of aromatic nitrogens is 2. The second-order valence-corrected chi connectivity index (χ2v) is 6.41. The van der Waals surface area contributed by atoms with E-state index in [9.17, 15) is 0 Å². The van der Waals surface area contributed by atoms with Crippen LogP contribution in [-0.2, 0) is 0 Å². The van der Waals surface area contributed by atoms with Crippen LogP contribution in [-0.4, -0.2) is 37.2 Å². The Morgan fingerprint density at radius 1 is 1.37 bits per heavy atom. The van der Waals surface area contributed by atoms with Gasteiger partial charge in [0.05, 0.1) is 5.39 Å². The zero-order valence-corrected chi connectivity index (χ0v) is 13.1. The van der Waals surface area contributed by atoms with Gasteiger partial charge in [-0.15, -0.1) is 11.3 Å². The van der Waals surface area contributed by atoms with Crippen LogP contribution in [0.2, 0.25) is 0 Å². The fourth-order valence-electron chi connectivity index (χ4n) is 2.42. The molecule has 0 aliphatic carbocycles. The minimum absolute atomic E-state index is 0.583. The SMILES string of the molecule is CNCC(C)CN(C)c1ncnc2sc(C)c(C)c12. The molecule has 1 unspecified atom stereocenters. The highest BCUT2D eigenvalue weighted by molar-refractivity contribution is 7.18. The van der Waals surface area contributed by atoms with Gasteiger partial charge in [0.2, 0.25) is 0 Å². The van der Waals surface area contributed by atoms with Crippen molar-refractivity contribution in [3.63, 3.8) is 0 Å². The van der Waals surface area contributed by atoms with E-state index in [0.29, 0.717) is 5.92 Å². The van der Waals surface area contributed by atoms with Gasteiger partial charge >= 0.3 is 0 Å². The Balaban J connectivity index is 2.34. The molecule has 5 heteroatoms. The van der Waals surface area contributed by atoms with Crippen molar-refractivity contribution in [3.8, 4) is 0 Å². The van der Waals surface area contributed by atoms with Gasteiger partial charge in [-0.3, -0.25) is 0 Å². The Bertz CT molecular complexity index is 564. The van der Waals surface area contributed by atoms with Gasteiger partial charge in [-0.25, -0.2) is 9.97 Å². The number of fused-ring (bicyclic) bond motifs is 1. The molecule has 0 saturated carbocycles. The van der Waals surface area contributed by atoms with Crippen molar-refractivity contribution in [3.05, 3.63) is 16.8 Å². The maximum atomic E-state index is 4.50. The first kappa shape index (κ1) is 14.2. The van der Waals surface area contributed by atoms with Crippen LogP contribution >= 0.6 is 11.3 Å². The number of anilines is 1. The zero-order chi connectivity index (χ0) is 14.0. The van der Waals surface area contributed by atoms with Crippen LogP contribution in [0.15, 0.2) is 6.33 Å². The van der Waals surface area contributed by atoms with Crippen LogP contribution in [0.3, 0.4) is 0 Å². The maximum absolute atomic E-state index is 4.50. The summed E-state index contributed by atoms with van der Waals surface area (Å²) in [4.78, 5) is 13.5. The minimum Gasteiger partial charge on any atom is -0.359 e. The molecular weight excluding hydrogens is 256 g/mol. The molecule has 0 spiro atoms. The lowest BCUT2D eigenvalue weighted by Gasteiger charge is -2.23. The van der Waals surface area contributed by atoms with Crippen molar-refractivity contribution < 1.29 is 0 Å². The van der Waals surface area contributed by atoms with Crippen molar-refractivity contribution in [1.29, 1.82) is 0 Å². The molecule has 2 aromatic rings. The molecular formula is C14H22N4S. The molecule has 4 nitrogen and oxygen atoms in total. The predicted molar refractivity (Wildman–Crippen MR) is 83.2 cm³/mol. The summed E-state index contributed by atoms with van der Waals surface area (Å²) in [7, 11) is 4.10. The quantitative estimate of drug-likeness (QED) is 0.913. The van der Waals surface area contributed by atoms with E-state index in [1.54, 1.807) is 17.7 Å². The Morgan fingerprint density at radius 3 is 2.79 bits per heavy atom. The minimum atomic E-state index is 0.583. The van der Waals surface area contributed by atoms with E-state index in [4.69, 9.17) is 0 Å². The van der Waals surface area contributed by atoms with Gasteiger partial charge in [-0.05, 0) is 38.9 Å². The Morgan fingerprint density at radius 2 is 2.11 bits per heavy atom. The lowest BCUT2D eigenvalue weighted by molar-refractivity contribution is 0.541. The molecule has 104 valence electrons. The summed E-state index contributed by atoms with van der Waals surface area (Å²) in [6.07, 6.45) is 1.67. The van der Waals surface area contributed by atoms with Crippen molar-refractivity contribution in [2.24, 2.45) is 5.92 Å². The van der Waals surface area contributed by atoms with E-state index >= 15 is 0 Å². The number of rotatable bonds is 5. The topological polar surface area (TPSA) is 41.0 Å². The number of hydrogen-bond donors (Lipinski definition) is 1. The molecule has 0 radical (unpaired) electrons. The molecule has 1 atom stereocenters. The maximum Gasteiger partial charge on any atom is 0.140 e. The summed E-state index contributed by atoms with van der Waals surface area (Å²) in [5.41, 5.74) is 1.31. The molecule has 2 aromatic heterocycles. The van der Waals surface area contributed by atoms with E-state index in [1.165, 1.54) is 15.8 Å². The molecule has 2 heterocycles. The predicted octanol–water partition coefficient (Wildman–Crippen LogP) is 2.60. The second-order valence-electron chi connectivity index (χ2n) is 5.20. The van der Waals surface area contributed by atoms with Gasteiger partial charge < -0.3 is 10.2 Å². The average molecular weight is 278 g/mol.